The van der Waals surface area contributed by atoms with Crippen molar-refractivity contribution in [1.29, 1.82) is 0 Å². The molecule has 1 atom stereocenters. The summed E-state index contributed by atoms with van der Waals surface area (Å²) in [6, 6.07) is 12.5. The molecule has 0 spiro atoms. The second-order valence-electron chi connectivity index (χ2n) is 6.71. The van der Waals surface area contributed by atoms with Gasteiger partial charge in [-0.2, -0.15) is 5.10 Å². The molecule has 0 radical (unpaired) electrons. The summed E-state index contributed by atoms with van der Waals surface area (Å²) in [4.78, 5) is 24.0. The van der Waals surface area contributed by atoms with Crippen molar-refractivity contribution in [2.24, 2.45) is 16.8 Å². The molecule has 11 heteroatoms. The van der Waals surface area contributed by atoms with E-state index < -0.39 is 22.1 Å². The Morgan fingerprint density at radius 1 is 1.13 bits per heavy atom. The Hall–Kier alpha value is -2.73. The molecule has 2 aromatic rings. The highest BCUT2D eigenvalue weighted by Gasteiger charge is 2.33. The summed E-state index contributed by atoms with van der Waals surface area (Å²) in [6.07, 6.45) is 1.51. The molecule has 0 amide bonds. The highest BCUT2D eigenvalue weighted by Crippen LogP contribution is 2.32. The predicted octanol–water partition coefficient (Wildman–Crippen LogP) is 2.39. The fourth-order valence-electron chi connectivity index (χ4n) is 2.49. The zero-order chi connectivity index (χ0) is 22.5. The van der Waals surface area contributed by atoms with Gasteiger partial charge in [0.2, 0.25) is 5.17 Å². The van der Waals surface area contributed by atoms with Gasteiger partial charge in [-0.3, -0.25) is 9.80 Å². The van der Waals surface area contributed by atoms with Crippen molar-refractivity contribution in [3.05, 3.63) is 59.7 Å². The van der Waals surface area contributed by atoms with Crippen LogP contribution in [0.2, 0.25) is 0 Å². The molecular formula is C19H23N5O4S2. The van der Waals surface area contributed by atoms with Crippen molar-refractivity contribution < 1.29 is 19.2 Å². The lowest BCUT2D eigenvalue weighted by atomic mass is 10.0. The summed E-state index contributed by atoms with van der Waals surface area (Å²) in [5.74, 6) is 10.4. The zero-order valence-corrected chi connectivity index (χ0v) is 18.3. The second-order valence-corrected chi connectivity index (χ2v) is 9.41. The van der Waals surface area contributed by atoms with E-state index in [1.165, 1.54) is 35.5 Å². The van der Waals surface area contributed by atoms with Gasteiger partial charge in [0.05, 0.1) is 33.0 Å². The molecule has 0 aliphatic heterocycles. The molecular weight excluding hydrogens is 426 g/mol. The van der Waals surface area contributed by atoms with E-state index in [1.807, 2.05) is 0 Å². The first-order chi connectivity index (χ1) is 14.0. The number of hydrogen-bond donors (Lipinski definition) is 4. The van der Waals surface area contributed by atoms with Crippen LogP contribution >= 0.6 is 11.8 Å². The predicted molar refractivity (Wildman–Crippen MR) is 122 cm³/mol. The minimum absolute atomic E-state index is 0.117. The number of nitrogens with zero attached hydrogens (tertiary/aromatic N) is 2. The molecule has 0 aliphatic rings. The van der Waals surface area contributed by atoms with E-state index >= 15 is 0 Å². The quantitative estimate of drug-likeness (QED) is 0.124. The number of hydrazine groups is 1. The number of aromatic carboxylic acids is 1. The Bertz CT molecular complexity index is 931. The first-order valence-corrected chi connectivity index (χ1v) is 11.0. The van der Waals surface area contributed by atoms with Crippen LogP contribution in [0.15, 0.2) is 53.6 Å². The Labute approximate surface area is 181 Å². The summed E-state index contributed by atoms with van der Waals surface area (Å²) in [5.41, 5.74) is 1.68. The fourth-order valence-corrected chi connectivity index (χ4v) is 3.88. The van der Waals surface area contributed by atoms with E-state index in [9.17, 15) is 14.1 Å². The molecule has 0 bridgehead atoms. The Balaban J connectivity index is 2.16. The molecule has 0 aliphatic carbocycles. The van der Waals surface area contributed by atoms with Crippen molar-refractivity contribution in [2.45, 2.75) is 18.6 Å². The minimum Gasteiger partial charge on any atom is -0.593 e. The lowest BCUT2D eigenvalue weighted by Crippen LogP contribution is -2.41. The number of anilines is 2. The number of thioether (sulfide) groups is 1. The summed E-state index contributed by atoms with van der Waals surface area (Å²) >= 11 is -0.134. The van der Waals surface area contributed by atoms with Crippen LogP contribution in [-0.2, 0) is 11.4 Å². The van der Waals surface area contributed by atoms with E-state index in [4.69, 9.17) is 16.8 Å². The molecule has 0 heterocycles. The Kier molecular flexibility index (Phi) is 7.73. The number of rotatable bonds is 7. The molecule has 6 N–H and O–H groups in total. The fraction of sp³-hybridized carbons (Fsp3) is 0.211. The molecule has 0 saturated carbocycles. The molecule has 2 aromatic carbocycles. The van der Waals surface area contributed by atoms with Crippen LogP contribution in [-0.4, -0.2) is 37.6 Å². The number of ketones is 1. The van der Waals surface area contributed by atoms with E-state index in [2.05, 4.69) is 9.82 Å². The molecule has 0 aromatic heterocycles. The van der Waals surface area contributed by atoms with E-state index in [0.717, 1.165) is 11.8 Å². The molecule has 0 saturated heterocycles. The molecule has 9 nitrogen and oxygen atoms in total. The van der Waals surface area contributed by atoms with Gasteiger partial charge in [-0.1, -0.05) is 11.8 Å². The van der Waals surface area contributed by atoms with Crippen molar-refractivity contribution in [3.63, 3.8) is 0 Å². The average molecular weight is 450 g/mol. The van der Waals surface area contributed by atoms with Crippen LogP contribution in [0, 0.1) is 0 Å². The monoisotopic (exact) mass is 449 g/mol. The molecule has 1 unspecified atom stereocenters. The number of benzene rings is 2. The first kappa shape index (κ1) is 23.5. The van der Waals surface area contributed by atoms with Crippen LogP contribution in [0.4, 0.5) is 11.4 Å². The lowest BCUT2D eigenvalue weighted by molar-refractivity contribution is 0.0696. The van der Waals surface area contributed by atoms with Crippen LogP contribution in [0.25, 0.3) is 0 Å². The van der Waals surface area contributed by atoms with Gasteiger partial charge >= 0.3 is 5.97 Å². The van der Waals surface area contributed by atoms with Crippen molar-refractivity contribution in [3.8, 4) is 0 Å². The van der Waals surface area contributed by atoms with Crippen LogP contribution in [0.3, 0.4) is 0 Å². The number of carboxylic acids is 1. The third-order valence-electron chi connectivity index (χ3n) is 4.01. The second kappa shape index (κ2) is 9.85. The number of carboxylic acid groups (broad SMARTS) is 1. The minimum atomic E-state index is -1.21. The van der Waals surface area contributed by atoms with Gasteiger partial charge in [0, 0.05) is 5.56 Å². The van der Waals surface area contributed by atoms with Gasteiger partial charge in [0.25, 0.3) is 0 Å². The molecule has 160 valence electrons. The number of hydrazone groups is 1. The van der Waals surface area contributed by atoms with Crippen LogP contribution in [0.5, 0.6) is 0 Å². The lowest BCUT2D eigenvalue weighted by Gasteiger charge is -2.27. The number of nitrogens with two attached hydrogens (primary N) is 2. The smallest absolute Gasteiger partial charge is 0.335 e. The zero-order valence-electron chi connectivity index (χ0n) is 16.7. The summed E-state index contributed by atoms with van der Waals surface area (Å²) in [7, 11) is 0. The third kappa shape index (κ3) is 5.89. The van der Waals surface area contributed by atoms with E-state index in [0.29, 0.717) is 16.9 Å². The number of nitrogens with one attached hydrogen (secondary N) is 1. The third-order valence-corrected chi connectivity index (χ3v) is 5.71. The number of hydrogen-bond acceptors (Lipinski definition) is 8. The number of amidine groups is 1. The van der Waals surface area contributed by atoms with Crippen molar-refractivity contribution in [1.82, 2.24) is 0 Å². The van der Waals surface area contributed by atoms with Gasteiger partial charge in [-0.25, -0.2) is 15.4 Å². The molecule has 2 rings (SSSR count). The normalized spacial score (nSPS) is 12.9. The van der Waals surface area contributed by atoms with Gasteiger partial charge < -0.3 is 15.5 Å². The van der Waals surface area contributed by atoms with E-state index in [-0.39, 0.29) is 16.5 Å². The summed E-state index contributed by atoms with van der Waals surface area (Å²) in [5, 5.41) is 14.1. The van der Waals surface area contributed by atoms with Gasteiger partial charge in [-0.05, 0) is 62.4 Å². The summed E-state index contributed by atoms with van der Waals surface area (Å²) in [6.45, 7) is 3.44. The van der Waals surface area contributed by atoms with Gasteiger partial charge in [-0.15, -0.1) is 0 Å². The Morgan fingerprint density at radius 3 is 2.13 bits per heavy atom. The maximum atomic E-state index is 13.0. The number of carbonyl (C=O) groups excluding carboxylic acids is 1. The van der Waals surface area contributed by atoms with Gasteiger partial charge in [0.1, 0.15) is 6.26 Å². The largest absolute Gasteiger partial charge is 0.593 e. The average Bonchev–Trinajstić information content (AvgIpc) is 2.71. The maximum Gasteiger partial charge on any atom is 0.335 e. The van der Waals surface area contributed by atoms with Crippen LogP contribution in [0.1, 0.15) is 34.6 Å². The van der Waals surface area contributed by atoms with Crippen LogP contribution < -0.4 is 21.4 Å². The highest BCUT2D eigenvalue weighted by molar-refractivity contribution is 8.15. The standard InChI is InChI=1S/C19H23N5O4S2/c1-19(2,16(25)12-4-8-14(9-5-12)23-30(3)28)29-18(22-20)24(21)15-10-6-13(7-11-15)17(26)27/h4-11,23H,20-21H2,1-3H3,(H,26,27)/b22-18+. The maximum absolute atomic E-state index is 13.0. The Morgan fingerprint density at radius 2 is 1.67 bits per heavy atom. The molecule has 0 fully saturated rings. The topological polar surface area (TPSA) is 157 Å². The van der Waals surface area contributed by atoms with E-state index in [1.54, 1.807) is 38.1 Å². The van der Waals surface area contributed by atoms with Crippen molar-refractivity contribution in [2.75, 3.05) is 16.0 Å². The van der Waals surface area contributed by atoms with Gasteiger partial charge in [0.15, 0.2) is 5.78 Å². The summed E-state index contributed by atoms with van der Waals surface area (Å²) < 4.78 is 13.0. The SMILES string of the molecule is C[S+]([O-])Nc1ccc(C(=O)C(C)(C)S/C(=N/N)N(N)c2ccc(C(=O)O)cc2)cc1. The van der Waals surface area contributed by atoms with Crippen molar-refractivity contribution >= 4 is 51.4 Å². The highest BCUT2D eigenvalue weighted by atomic mass is 32.2. The number of Topliss-reactive ketones (excluding diaryl/α,β-unsaturated/α-hetero) is 1. The number of carbonyl (C=O) groups is 2. The first-order valence-electron chi connectivity index (χ1n) is 8.65. The molecule has 30 heavy (non-hydrogen) atoms.